The average molecular weight is 316 g/mol. The summed E-state index contributed by atoms with van der Waals surface area (Å²) in [5, 5.41) is 12.2. The van der Waals surface area contributed by atoms with Crippen molar-refractivity contribution in [2.75, 3.05) is 5.32 Å². The molecule has 1 amide bonds. The Morgan fingerprint density at radius 1 is 1.18 bits per heavy atom. The van der Waals surface area contributed by atoms with Gasteiger partial charge in [-0.3, -0.25) is 4.79 Å². The Morgan fingerprint density at radius 3 is 2.59 bits per heavy atom. The van der Waals surface area contributed by atoms with Gasteiger partial charge in [-0.2, -0.15) is 0 Å². The number of carboxylic acids is 1. The Morgan fingerprint density at radius 2 is 1.91 bits per heavy atom. The Kier molecular flexibility index (Phi) is 3.56. The van der Waals surface area contributed by atoms with E-state index in [2.05, 4.69) is 5.32 Å². The zero-order valence-electron chi connectivity index (χ0n) is 11.2. The first-order valence-corrected chi connectivity index (χ1v) is 6.74. The summed E-state index contributed by atoms with van der Waals surface area (Å²) >= 11 is 5.81. The number of amides is 1. The molecule has 5 nitrogen and oxygen atoms in total. The van der Waals surface area contributed by atoms with Crippen molar-refractivity contribution in [2.45, 2.75) is 0 Å². The molecule has 2 aromatic carbocycles. The summed E-state index contributed by atoms with van der Waals surface area (Å²) in [6, 6.07) is 11.2. The van der Waals surface area contributed by atoms with Crippen molar-refractivity contribution in [3.05, 3.63) is 64.4 Å². The molecule has 22 heavy (non-hydrogen) atoms. The second-order valence-corrected chi connectivity index (χ2v) is 5.07. The Hall–Kier alpha value is -2.79. The first-order valence-electron chi connectivity index (χ1n) is 6.37. The smallest absolute Gasteiger partial charge is 0.335 e. The summed E-state index contributed by atoms with van der Waals surface area (Å²) in [6.07, 6.45) is 1.58. The molecule has 1 aliphatic heterocycles. The second-order valence-electron chi connectivity index (χ2n) is 4.63. The lowest BCUT2D eigenvalue weighted by molar-refractivity contribution is -0.115. The van der Waals surface area contributed by atoms with E-state index in [9.17, 15) is 9.59 Å². The first-order chi connectivity index (χ1) is 10.5. The fraction of sp³-hybridized carbons (Fsp3) is 0. The molecule has 3 rings (SSSR count). The zero-order chi connectivity index (χ0) is 15.7. The molecular formula is C16H10ClNO4. The molecule has 0 atom stereocenters. The summed E-state index contributed by atoms with van der Waals surface area (Å²) in [4.78, 5) is 23.0. The van der Waals surface area contributed by atoms with Gasteiger partial charge in [0.15, 0.2) is 11.5 Å². The van der Waals surface area contributed by atoms with Gasteiger partial charge < -0.3 is 15.2 Å². The van der Waals surface area contributed by atoms with Crippen LogP contribution in [0, 0.1) is 0 Å². The van der Waals surface area contributed by atoms with Gasteiger partial charge >= 0.3 is 5.97 Å². The molecule has 110 valence electrons. The summed E-state index contributed by atoms with van der Waals surface area (Å²) in [6.45, 7) is 0. The highest BCUT2D eigenvalue weighted by Gasteiger charge is 2.23. The number of carboxylic acid groups (broad SMARTS) is 1. The highest BCUT2D eigenvalue weighted by molar-refractivity contribution is 6.30. The molecule has 1 heterocycles. The van der Waals surface area contributed by atoms with Gasteiger partial charge in [-0.1, -0.05) is 23.7 Å². The minimum Gasteiger partial charge on any atom is -0.478 e. The molecule has 2 N–H and O–H groups in total. The number of hydrogen-bond acceptors (Lipinski definition) is 3. The van der Waals surface area contributed by atoms with Crippen LogP contribution in [0.15, 0.2) is 48.2 Å². The molecule has 0 fully saturated rings. The fourth-order valence-corrected chi connectivity index (χ4v) is 2.13. The topological polar surface area (TPSA) is 75.6 Å². The maximum atomic E-state index is 12.0. The van der Waals surface area contributed by atoms with E-state index in [4.69, 9.17) is 21.4 Å². The molecule has 0 saturated carbocycles. The summed E-state index contributed by atoms with van der Waals surface area (Å²) in [5.74, 6) is -0.993. The molecule has 0 unspecified atom stereocenters. The van der Waals surface area contributed by atoms with Crippen LogP contribution in [0.25, 0.3) is 6.08 Å². The van der Waals surface area contributed by atoms with Gasteiger partial charge in [0.2, 0.25) is 0 Å². The lowest BCUT2D eigenvalue weighted by Gasteiger charge is -2.20. The van der Waals surface area contributed by atoms with Crippen molar-refractivity contribution in [3.63, 3.8) is 0 Å². The second kappa shape index (κ2) is 5.54. The van der Waals surface area contributed by atoms with E-state index in [1.165, 1.54) is 18.2 Å². The lowest BCUT2D eigenvalue weighted by Crippen LogP contribution is -2.23. The maximum Gasteiger partial charge on any atom is 0.335 e. The number of hydrogen-bond donors (Lipinski definition) is 2. The van der Waals surface area contributed by atoms with Crippen molar-refractivity contribution in [1.82, 2.24) is 0 Å². The molecule has 2 aromatic rings. The van der Waals surface area contributed by atoms with Gasteiger partial charge in [-0.15, -0.1) is 0 Å². The van der Waals surface area contributed by atoms with Crippen LogP contribution in [0.5, 0.6) is 5.75 Å². The van der Waals surface area contributed by atoms with Crippen LogP contribution in [-0.4, -0.2) is 17.0 Å². The van der Waals surface area contributed by atoms with Crippen molar-refractivity contribution < 1.29 is 19.4 Å². The summed E-state index contributed by atoms with van der Waals surface area (Å²) in [7, 11) is 0. The average Bonchev–Trinajstić information content (AvgIpc) is 2.49. The maximum absolute atomic E-state index is 12.0. The van der Waals surface area contributed by atoms with Gasteiger partial charge in [0.25, 0.3) is 5.91 Å². The minimum atomic E-state index is -1.07. The third kappa shape index (κ3) is 2.80. The lowest BCUT2D eigenvalue weighted by atomic mass is 10.1. The first kappa shape index (κ1) is 14.2. The quantitative estimate of drug-likeness (QED) is 0.833. The van der Waals surface area contributed by atoms with Crippen LogP contribution in [0.1, 0.15) is 15.9 Å². The van der Waals surface area contributed by atoms with E-state index in [-0.39, 0.29) is 11.3 Å². The van der Waals surface area contributed by atoms with E-state index in [1.54, 1.807) is 30.3 Å². The number of carbonyl (C=O) groups is 2. The number of anilines is 1. The van der Waals surface area contributed by atoms with Gasteiger partial charge in [-0.25, -0.2) is 4.79 Å². The predicted molar refractivity (Wildman–Crippen MR) is 82.1 cm³/mol. The van der Waals surface area contributed by atoms with Crippen molar-refractivity contribution in [1.29, 1.82) is 0 Å². The zero-order valence-corrected chi connectivity index (χ0v) is 11.9. The van der Waals surface area contributed by atoms with Gasteiger partial charge in [-0.05, 0) is 42.0 Å². The van der Waals surface area contributed by atoms with Crippen molar-refractivity contribution in [3.8, 4) is 5.75 Å². The number of carbonyl (C=O) groups excluding carboxylic acids is 1. The fourth-order valence-electron chi connectivity index (χ4n) is 2.00. The van der Waals surface area contributed by atoms with E-state index >= 15 is 0 Å². The number of halogens is 1. The summed E-state index contributed by atoms with van der Waals surface area (Å²) in [5.41, 5.74) is 1.17. The summed E-state index contributed by atoms with van der Waals surface area (Å²) < 4.78 is 5.54. The molecule has 0 aromatic heterocycles. The normalized spacial score (nSPS) is 15.0. The number of rotatable bonds is 2. The Bertz CT molecular complexity index is 796. The largest absolute Gasteiger partial charge is 0.478 e. The third-order valence-corrected chi connectivity index (χ3v) is 3.34. The van der Waals surface area contributed by atoms with Crippen LogP contribution in [0.2, 0.25) is 5.02 Å². The van der Waals surface area contributed by atoms with Gasteiger partial charge in [0.1, 0.15) is 0 Å². The Balaban J connectivity index is 1.93. The number of fused-ring (bicyclic) bond motifs is 1. The molecule has 0 bridgehead atoms. The molecule has 1 aliphatic rings. The molecule has 6 heteroatoms. The number of ether oxygens (including phenoxy) is 1. The molecular weight excluding hydrogens is 306 g/mol. The highest BCUT2D eigenvalue weighted by atomic mass is 35.5. The minimum absolute atomic E-state index is 0.0766. The molecule has 0 radical (unpaired) electrons. The SMILES string of the molecule is O=C1Nc2cc(C(=O)O)ccc2OC1=Cc1ccc(Cl)cc1. The molecule has 0 spiro atoms. The van der Waals surface area contributed by atoms with Crippen LogP contribution in [0.4, 0.5) is 5.69 Å². The molecule has 0 aliphatic carbocycles. The van der Waals surface area contributed by atoms with Gasteiger partial charge in [0, 0.05) is 5.02 Å². The van der Waals surface area contributed by atoms with Crippen LogP contribution >= 0.6 is 11.6 Å². The predicted octanol–water partition coefficient (Wildman–Crippen LogP) is 3.41. The van der Waals surface area contributed by atoms with Crippen LogP contribution in [-0.2, 0) is 4.79 Å². The van der Waals surface area contributed by atoms with E-state index in [0.717, 1.165) is 5.56 Å². The highest BCUT2D eigenvalue weighted by Crippen LogP contribution is 2.32. The monoisotopic (exact) mass is 315 g/mol. The Labute approximate surface area is 130 Å². The standard InChI is InChI=1S/C16H10ClNO4/c17-11-4-1-9(2-5-11)7-14-15(19)18-12-8-10(16(20)21)3-6-13(12)22-14/h1-8H,(H,18,19)(H,20,21). The number of aromatic carboxylic acids is 1. The third-order valence-electron chi connectivity index (χ3n) is 3.09. The van der Waals surface area contributed by atoms with Gasteiger partial charge in [0.05, 0.1) is 11.3 Å². The van der Waals surface area contributed by atoms with Crippen LogP contribution in [0.3, 0.4) is 0 Å². The van der Waals surface area contributed by atoms with E-state index in [1.807, 2.05) is 0 Å². The van der Waals surface area contributed by atoms with E-state index in [0.29, 0.717) is 16.5 Å². The molecule has 0 saturated heterocycles. The van der Waals surface area contributed by atoms with E-state index < -0.39 is 11.9 Å². The van der Waals surface area contributed by atoms with Crippen molar-refractivity contribution >= 4 is 35.2 Å². The van der Waals surface area contributed by atoms with Crippen molar-refractivity contribution in [2.24, 2.45) is 0 Å². The number of nitrogens with one attached hydrogen (secondary N) is 1. The van der Waals surface area contributed by atoms with Crippen LogP contribution < -0.4 is 10.1 Å². The number of benzene rings is 2.